The van der Waals surface area contributed by atoms with E-state index < -0.39 is 15.6 Å². The number of carbonyl (C=O) groups excluding carboxylic acids is 2. The van der Waals surface area contributed by atoms with Crippen molar-refractivity contribution in [3.05, 3.63) is 29.8 Å². The van der Waals surface area contributed by atoms with Gasteiger partial charge in [0, 0.05) is 25.6 Å². The molecule has 0 bridgehead atoms. The Hall–Kier alpha value is -2.13. The number of hydrogen-bond donors (Lipinski definition) is 2. The summed E-state index contributed by atoms with van der Waals surface area (Å²) in [5, 5.41) is 7.98. The Labute approximate surface area is 166 Å². The fourth-order valence-electron chi connectivity index (χ4n) is 2.97. The van der Waals surface area contributed by atoms with Crippen molar-refractivity contribution in [2.75, 3.05) is 19.6 Å². The topological polar surface area (TPSA) is 119 Å². The summed E-state index contributed by atoms with van der Waals surface area (Å²) in [7, 11) is -3.70. The van der Waals surface area contributed by atoms with E-state index in [1.54, 1.807) is 17.0 Å². The molecule has 0 unspecified atom stereocenters. The number of ether oxygens (including phenoxy) is 1. The van der Waals surface area contributed by atoms with Crippen molar-refractivity contribution in [2.24, 2.45) is 11.1 Å². The van der Waals surface area contributed by atoms with Crippen LogP contribution in [0.5, 0.6) is 0 Å². The van der Waals surface area contributed by atoms with Crippen LogP contribution in [-0.2, 0) is 26.0 Å². The quantitative estimate of drug-likeness (QED) is 0.763. The molecule has 0 saturated carbocycles. The Morgan fingerprint density at radius 1 is 1.18 bits per heavy atom. The smallest absolute Gasteiger partial charge is 0.410 e. The van der Waals surface area contributed by atoms with Crippen molar-refractivity contribution in [2.45, 2.75) is 50.5 Å². The molecule has 2 amide bonds. The van der Waals surface area contributed by atoms with E-state index in [1.165, 1.54) is 12.1 Å². The predicted octanol–water partition coefficient (Wildman–Crippen LogP) is 1.64. The molecular weight excluding hydrogens is 382 g/mol. The average Bonchev–Trinajstić information content (AvgIpc) is 2.60. The van der Waals surface area contributed by atoms with Crippen LogP contribution < -0.4 is 10.5 Å². The number of sulfonamides is 1. The number of amides is 2. The van der Waals surface area contributed by atoms with Gasteiger partial charge in [0.15, 0.2) is 0 Å². The average molecular weight is 412 g/mol. The Morgan fingerprint density at radius 3 is 2.25 bits per heavy atom. The van der Waals surface area contributed by atoms with Gasteiger partial charge in [-0.05, 0) is 57.7 Å². The molecule has 1 saturated heterocycles. The molecule has 0 radical (unpaired) electrons. The van der Waals surface area contributed by atoms with Crippen molar-refractivity contribution >= 4 is 22.0 Å². The van der Waals surface area contributed by atoms with E-state index in [0.717, 1.165) is 5.56 Å². The number of rotatable bonds is 5. The van der Waals surface area contributed by atoms with E-state index in [-0.39, 0.29) is 22.8 Å². The summed E-state index contributed by atoms with van der Waals surface area (Å²) in [4.78, 5) is 26.1. The third-order valence-corrected chi connectivity index (χ3v) is 5.41. The lowest BCUT2D eigenvalue weighted by Crippen LogP contribution is -2.45. The number of primary sulfonamides is 1. The molecule has 1 aliphatic heterocycles. The summed E-state index contributed by atoms with van der Waals surface area (Å²) in [5.41, 5.74) is 0.380. The molecule has 1 fully saturated rings. The van der Waals surface area contributed by atoms with Crippen LogP contribution in [0, 0.1) is 5.92 Å². The van der Waals surface area contributed by atoms with Crippen molar-refractivity contribution in [3.8, 4) is 0 Å². The lowest BCUT2D eigenvalue weighted by Gasteiger charge is -2.32. The minimum Gasteiger partial charge on any atom is -0.444 e. The normalized spacial score (nSPS) is 15.9. The Morgan fingerprint density at radius 2 is 1.75 bits per heavy atom. The van der Waals surface area contributed by atoms with Gasteiger partial charge in [-0.2, -0.15) is 0 Å². The van der Waals surface area contributed by atoms with Gasteiger partial charge in [-0.3, -0.25) is 4.79 Å². The Kier molecular flexibility index (Phi) is 7.06. The van der Waals surface area contributed by atoms with Gasteiger partial charge >= 0.3 is 6.09 Å². The summed E-state index contributed by atoms with van der Waals surface area (Å²) in [5.74, 6) is -0.145. The van der Waals surface area contributed by atoms with Crippen LogP contribution in [0.15, 0.2) is 29.2 Å². The molecule has 0 aliphatic carbocycles. The second-order valence-electron chi connectivity index (χ2n) is 7.97. The fourth-order valence-corrected chi connectivity index (χ4v) is 3.49. The lowest BCUT2D eigenvalue weighted by molar-refractivity contribution is -0.126. The Bertz CT molecular complexity index is 792. The van der Waals surface area contributed by atoms with Crippen molar-refractivity contribution in [3.63, 3.8) is 0 Å². The SMILES string of the molecule is CC(C)(C)OC(=O)N1CCC(C(=O)NCCc2ccc(S(N)(=O)=O)cc2)CC1. The number of carbonyl (C=O) groups is 2. The molecule has 1 aliphatic rings. The third-order valence-electron chi connectivity index (χ3n) is 4.48. The third kappa shape index (κ3) is 6.79. The summed E-state index contributed by atoms with van der Waals surface area (Å²) < 4.78 is 27.8. The highest BCUT2D eigenvalue weighted by Crippen LogP contribution is 2.20. The van der Waals surface area contributed by atoms with Crippen molar-refractivity contribution in [1.82, 2.24) is 10.2 Å². The molecule has 0 atom stereocenters. The molecule has 0 aromatic heterocycles. The zero-order valence-corrected chi connectivity index (χ0v) is 17.4. The van der Waals surface area contributed by atoms with Gasteiger partial charge in [0.1, 0.15) is 5.60 Å². The molecule has 2 rings (SSSR count). The molecule has 1 heterocycles. The molecule has 8 nitrogen and oxygen atoms in total. The standard InChI is InChI=1S/C19H29N3O5S/c1-19(2,3)27-18(24)22-12-9-15(10-13-22)17(23)21-11-8-14-4-6-16(7-5-14)28(20,25)26/h4-7,15H,8-13H2,1-3H3,(H,21,23)(H2,20,25,26). The second-order valence-corrected chi connectivity index (χ2v) is 9.53. The summed E-state index contributed by atoms with van der Waals surface area (Å²) in [6.07, 6.45) is 1.46. The first kappa shape index (κ1) is 22.2. The lowest BCUT2D eigenvalue weighted by atomic mass is 9.96. The first-order chi connectivity index (χ1) is 13.0. The highest BCUT2D eigenvalue weighted by atomic mass is 32.2. The van der Waals surface area contributed by atoms with E-state index in [0.29, 0.717) is 38.9 Å². The number of likely N-dealkylation sites (tertiary alicyclic amines) is 1. The molecule has 0 spiro atoms. The molecule has 9 heteroatoms. The van der Waals surface area contributed by atoms with Crippen LogP contribution >= 0.6 is 0 Å². The number of hydrogen-bond acceptors (Lipinski definition) is 5. The molecule has 156 valence electrons. The van der Waals surface area contributed by atoms with E-state index in [2.05, 4.69) is 5.32 Å². The molecule has 28 heavy (non-hydrogen) atoms. The molecular formula is C19H29N3O5S. The number of benzene rings is 1. The monoisotopic (exact) mass is 411 g/mol. The van der Waals surface area contributed by atoms with Gasteiger partial charge in [-0.25, -0.2) is 18.4 Å². The van der Waals surface area contributed by atoms with Crippen molar-refractivity contribution in [1.29, 1.82) is 0 Å². The fraction of sp³-hybridized carbons (Fsp3) is 0.579. The Balaban J connectivity index is 1.74. The van der Waals surface area contributed by atoms with Crippen LogP contribution in [0.4, 0.5) is 4.79 Å². The van der Waals surface area contributed by atoms with Crippen LogP contribution in [0.25, 0.3) is 0 Å². The van der Waals surface area contributed by atoms with Crippen LogP contribution in [0.1, 0.15) is 39.2 Å². The van der Waals surface area contributed by atoms with Gasteiger partial charge in [0.2, 0.25) is 15.9 Å². The summed E-state index contributed by atoms with van der Waals surface area (Å²) in [6, 6.07) is 6.29. The van der Waals surface area contributed by atoms with E-state index in [1.807, 2.05) is 20.8 Å². The summed E-state index contributed by atoms with van der Waals surface area (Å²) >= 11 is 0. The van der Waals surface area contributed by atoms with E-state index >= 15 is 0 Å². The predicted molar refractivity (Wildman–Crippen MR) is 105 cm³/mol. The largest absolute Gasteiger partial charge is 0.444 e. The maximum absolute atomic E-state index is 12.3. The van der Waals surface area contributed by atoms with Gasteiger partial charge < -0.3 is 15.0 Å². The number of piperidine rings is 1. The number of nitrogens with one attached hydrogen (secondary N) is 1. The van der Waals surface area contributed by atoms with Gasteiger partial charge in [0.05, 0.1) is 4.90 Å². The first-order valence-electron chi connectivity index (χ1n) is 9.33. The highest BCUT2D eigenvalue weighted by Gasteiger charge is 2.29. The number of nitrogens with two attached hydrogens (primary N) is 1. The highest BCUT2D eigenvalue weighted by molar-refractivity contribution is 7.89. The van der Waals surface area contributed by atoms with E-state index in [9.17, 15) is 18.0 Å². The van der Waals surface area contributed by atoms with Gasteiger partial charge in [-0.15, -0.1) is 0 Å². The zero-order chi connectivity index (χ0) is 20.9. The van der Waals surface area contributed by atoms with Crippen LogP contribution in [-0.4, -0.2) is 50.6 Å². The minimum atomic E-state index is -3.70. The molecule has 1 aromatic carbocycles. The van der Waals surface area contributed by atoms with E-state index in [4.69, 9.17) is 9.88 Å². The maximum atomic E-state index is 12.3. The van der Waals surface area contributed by atoms with Gasteiger partial charge in [-0.1, -0.05) is 12.1 Å². The minimum absolute atomic E-state index is 0.0232. The van der Waals surface area contributed by atoms with Crippen molar-refractivity contribution < 1.29 is 22.7 Å². The zero-order valence-electron chi connectivity index (χ0n) is 16.6. The van der Waals surface area contributed by atoms with Crippen LogP contribution in [0.3, 0.4) is 0 Å². The second kappa shape index (κ2) is 8.91. The van der Waals surface area contributed by atoms with Gasteiger partial charge in [0.25, 0.3) is 0 Å². The first-order valence-corrected chi connectivity index (χ1v) is 10.9. The maximum Gasteiger partial charge on any atom is 0.410 e. The molecule has 3 N–H and O–H groups in total. The van der Waals surface area contributed by atoms with Crippen LogP contribution in [0.2, 0.25) is 0 Å². The number of nitrogens with zero attached hydrogens (tertiary/aromatic N) is 1. The molecule has 1 aromatic rings. The summed E-state index contributed by atoms with van der Waals surface area (Å²) in [6.45, 7) is 6.94.